The molecule has 1 rings (SSSR count). The van der Waals surface area contributed by atoms with Crippen molar-refractivity contribution >= 4 is 5.97 Å². The van der Waals surface area contributed by atoms with Crippen molar-refractivity contribution < 1.29 is 14.3 Å². The molecule has 0 unspecified atom stereocenters. The maximum Gasteiger partial charge on any atom is 0.321 e. The van der Waals surface area contributed by atoms with Crippen LogP contribution in [0, 0.1) is 0 Å². The highest BCUT2D eigenvalue weighted by Gasteiger charge is 2.24. The molecule has 0 bridgehead atoms. The molecule has 2 N–H and O–H groups in total. The molecule has 0 spiro atoms. The Balaban J connectivity index is 2.51. The Morgan fingerprint density at radius 1 is 1.90 bits per heavy atom. The number of nitrogens with one attached hydrogen (secondary N) is 1. The molecule has 56 valence electrons. The fourth-order valence-electron chi connectivity index (χ4n) is 0.919. The molecule has 1 saturated heterocycles. The van der Waals surface area contributed by atoms with Crippen LogP contribution in [0.2, 0.25) is 0 Å². The van der Waals surface area contributed by atoms with E-state index in [1.165, 1.54) is 0 Å². The van der Waals surface area contributed by atoms with Gasteiger partial charge in [-0.25, -0.2) is 4.39 Å². The molecule has 4 heteroatoms. The van der Waals surface area contributed by atoms with E-state index >= 15 is 0 Å². The standard InChI is InChI=1S/C6H8FNO2/c7-2-4-1-5(6(9)10)8-3-4/h2,5,8H,1,3H2,(H,9,10)/b4-2-/t5-/m0/s1. The minimum atomic E-state index is -0.920. The lowest BCUT2D eigenvalue weighted by Gasteiger charge is -1.99. The van der Waals surface area contributed by atoms with Crippen LogP contribution in [-0.2, 0) is 4.79 Å². The van der Waals surface area contributed by atoms with Crippen LogP contribution in [0.1, 0.15) is 6.42 Å². The van der Waals surface area contributed by atoms with Crippen LogP contribution in [0.25, 0.3) is 0 Å². The number of carbonyl (C=O) groups is 1. The van der Waals surface area contributed by atoms with E-state index in [-0.39, 0.29) is 6.42 Å². The molecule has 1 fully saturated rings. The van der Waals surface area contributed by atoms with E-state index in [2.05, 4.69) is 5.32 Å². The lowest BCUT2D eigenvalue weighted by atomic mass is 10.2. The molecule has 0 saturated carbocycles. The monoisotopic (exact) mass is 145 g/mol. The van der Waals surface area contributed by atoms with E-state index in [0.29, 0.717) is 18.4 Å². The van der Waals surface area contributed by atoms with E-state index in [1.807, 2.05) is 0 Å². The second-order valence-corrected chi connectivity index (χ2v) is 2.24. The molecule has 10 heavy (non-hydrogen) atoms. The van der Waals surface area contributed by atoms with Gasteiger partial charge in [-0.05, 0) is 12.0 Å². The predicted octanol–water partition coefficient (Wildman–Crippen LogP) is 0.286. The number of carboxylic acids is 1. The van der Waals surface area contributed by atoms with Crippen molar-refractivity contribution in [2.75, 3.05) is 6.54 Å². The number of hydrogen-bond acceptors (Lipinski definition) is 2. The first-order valence-corrected chi connectivity index (χ1v) is 2.98. The van der Waals surface area contributed by atoms with Crippen molar-refractivity contribution in [2.24, 2.45) is 0 Å². The van der Waals surface area contributed by atoms with Crippen LogP contribution in [0.4, 0.5) is 4.39 Å². The lowest BCUT2D eigenvalue weighted by Crippen LogP contribution is -2.29. The Kier molecular flexibility index (Phi) is 2.01. The minimum absolute atomic E-state index is 0.284. The lowest BCUT2D eigenvalue weighted by molar-refractivity contribution is -0.138. The van der Waals surface area contributed by atoms with Crippen molar-refractivity contribution in [2.45, 2.75) is 12.5 Å². The second kappa shape index (κ2) is 2.79. The van der Waals surface area contributed by atoms with Gasteiger partial charge in [0.05, 0.1) is 6.33 Å². The molecule has 0 aliphatic carbocycles. The van der Waals surface area contributed by atoms with Gasteiger partial charge in [0.15, 0.2) is 0 Å². The van der Waals surface area contributed by atoms with Crippen molar-refractivity contribution in [1.29, 1.82) is 0 Å². The van der Waals surface area contributed by atoms with Crippen molar-refractivity contribution in [3.8, 4) is 0 Å². The smallest absolute Gasteiger partial charge is 0.321 e. The maximum absolute atomic E-state index is 11.7. The summed E-state index contributed by atoms with van der Waals surface area (Å²) < 4.78 is 11.7. The first-order valence-electron chi connectivity index (χ1n) is 2.98. The normalized spacial score (nSPS) is 29.3. The first-order chi connectivity index (χ1) is 4.74. The summed E-state index contributed by atoms with van der Waals surface area (Å²) in [6, 6.07) is -0.595. The summed E-state index contributed by atoms with van der Waals surface area (Å²) in [5, 5.41) is 11.1. The van der Waals surface area contributed by atoms with Gasteiger partial charge >= 0.3 is 5.97 Å². The van der Waals surface area contributed by atoms with E-state index in [1.54, 1.807) is 0 Å². The highest BCUT2D eigenvalue weighted by Crippen LogP contribution is 2.12. The van der Waals surface area contributed by atoms with Gasteiger partial charge in [0.1, 0.15) is 6.04 Å². The van der Waals surface area contributed by atoms with Crippen LogP contribution in [0.5, 0.6) is 0 Å². The van der Waals surface area contributed by atoms with Gasteiger partial charge in [-0.3, -0.25) is 4.79 Å². The van der Waals surface area contributed by atoms with Crippen LogP contribution in [0.15, 0.2) is 11.9 Å². The minimum Gasteiger partial charge on any atom is -0.480 e. The van der Waals surface area contributed by atoms with Crippen molar-refractivity contribution in [3.63, 3.8) is 0 Å². The third-order valence-electron chi connectivity index (χ3n) is 1.49. The Morgan fingerprint density at radius 2 is 2.60 bits per heavy atom. The molecule has 0 aromatic heterocycles. The van der Waals surface area contributed by atoms with Gasteiger partial charge in [-0.2, -0.15) is 0 Å². The van der Waals surface area contributed by atoms with Gasteiger partial charge in [-0.15, -0.1) is 0 Å². The summed E-state index contributed by atoms with van der Waals surface area (Å²) in [6.45, 7) is 0.355. The zero-order valence-electron chi connectivity index (χ0n) is 5.30. The molecule has 0 radical (unpaired) electrons. The third-order valence-corrected chi connectivity index (χ3v) is 1.49. The zero-order chi connectivity index (χ0) is 7.56. The average Bonchev–Trinajstić information content (AvgIpc) is 2.34. The quantitative estimate of drug-likeness (QED) is 0.557. The topological polar surface area (TPSA) is 49.3 Å². The van der Waals surface area contributed by atoms with Crippen LogP contribution in [0.3, 0.4) is 0 Å². The average molecular weight is 145 g/mol. The Bertz CT molecular complexity index is 179. The summed E-state index contributed by atoms with van der Waals surface area (Å²) in [7, 11) is 0. The number of carboxylic acid groups (broad SMARTS) is 1. The third kappa shape index (κ3) is 1.33. The molecule has 1 aliphatic heterocycles. The molecule has 0 aromatic rings. The fraction of sp³-hybridized carbons (Fsp3) is 0.500. The first kappa shape index (κ1) is 7.21. The largest absolute Gasteiger partial charge is 0.480 e. The number of rotatable bonds is 1. The molecule has 0 aromatic carbocycles. The Labute approximate surface area is 57.5 Å². The Hall–Kier alpha value is -0.900. The van der Waals surface area contributed by atoms with Gasteiger partial charge in [0.25, 0.3) is 0 Å². The second-order valence-electron chi connectivity index (χ2n) is 2.24. The van der Waals surface area contributed by atoms with Gasteiger partial charge < -0.3 is 10.4 Å². The highest BCUT2D eigenvalue weighted by molar-refractivity contribution is 5.74. The highest BCUT2D eigenvalue weighted by atomic mass is 19.1. The van der Waals surface area contributed by atoms with Gasteiger partial charge in [0.2, 0.25) is 0 Å². The summed E-state index contributed by atoms with van der Waals surface area (Å²) in [6.07, 6.45) is 0.752. The van der Waals surface area contributed by atoms with E-state index in [9.17, 15) is 9.18 Å². The molecule has 3 nitrogen and oxygen atoms in total. The number of halogens is 1. The van der Waals surface area contributed by atoms with Crippen LogP contribution >= 0.6 is 0 Å². The molecule has 0 amide bonds. The number of hydrogen-bond donors (Lipinski definition) is 2. The van der Waals surface area contributed by atoms with Gasteiger partial charge in [-0.1, -0.05) is 0 Å². The molecule has 1 aliphatic rings. The van der Waals surface area contributed by atoms with E-state index in [4.69, 9.17) is 5.11 Å². The summed E-state index contributed by atoms with van der Waals surface area (Å²) in [4.78, 5) is 10.3. The van der Waals surface area contributed by atoms with Gasteiger partial charge in [0, 0.05) is 6.54 Å². The van der Waals surface area contributed by atoms with Crippen molar-refractivity contribution in [3.05, 3.63) is 11.9 Å². The summed E-state index contributed by atoms with van der Waals surface area (Å²) in [5.74, 6) is -0.920. The Morgan fingerprint density at radius 3 is 2.90 bits per heavy atom. The van der Waals surface area contributed by atoms with E-state index in [0.717, 1.165) is 0 Å². The predicted molar refractivity (Wildman–Crippen MR) is 33.2 cm³/mol. The van der Waals surface area contributed by atoms with Crippen LogP contribution < -0.4 is 5.32 Å². The van der Waals surface area contributed by atoms with Crippen LogP contribution in [-0.4, -0.2) is 23.7 Å². The molecular formula is C6H8FNO2. The number of aliphatic carboxylic acids is 1. The van der Waals surface area contributed by atoms with E-state index < -0.39 is 12.0 Å². The van der Waals surface area contributed by atoms with Crippen molar-refractivity contribution in [1.82, 2.24) is 5.32 Å². The molecule has 1 atom stereocenters. The fourth-order valence-corrected chi connectivity index (χ4v) is 0.919. The molecular weight excluding hydrogens is 137 g/mol. The molecule has 1 heterocycles. The zero-order valence-corrected chi connectivity index (χ0v) is 5.30. The summed E-state index contributed by atoms with van der Waals surface area (Å²) in [5.41, 5.74) is 0.521. The summed E-state index contributed by atoms with van der Waals surface area (Å²) >= 11 is 0. The maximum atomic E-state index is 11.7. The SMILES string of the molecule is O=C(O)[C@@H]1C/C(=C/F)CN1.